The van der Waals surface area contributed by atoms with Gasteiger partial charge in [-0.1, -0.05) is 0 Å². The minimum absolute atomic E-state index is 0.750. The standard InChI is InChI=1S/C5H4O5S/c6-5-4(11(7,8)9)2-1-3-10-5/h1-3H,(H,7,8,9). The second-order valence-electron chi connectivity index (χ2n) is 1.74. The van der Waals surface area contributed by atoms with E-state index >= 15 is 0 Å². The molecule has 60 valence electrons. The topological polar surface area (TPSA) is 84.6 Å². The molecule has 11 heavy (non-hydrogen) atoms. The Kier molecular flexibility index (Phi) is 1.79. The zero-order chi connectivity index (χ0) is 8.48. The molecule has 0 unspecified atom stereocenters. The highest BCUT2D eigenvalue weighted by molar-refractivity contribution is 7.85. The molecule has 0 aliphatic rings. The molecular weight excluding hydrogens is 172 g/mol. The Morgan fingerprint density at radius 2 is 2.09 bits per heavy atom. The van der Waals surface area contributed by atoms with E-state index in [0.717, 1.165) is 12.3 Å². The van der Waals surface area contributed by atoms with Crippen molar-refractivity contribution in [3.05, 3.63) is 28.8 Å². The van der Waals surface area contributed by atoms with Crippen LogP contribution in [0.25, 0.3) is 0 Å². The Labute approximate surface area is 62.0 Å². The van der Waals surface area contributed by atoms with E-state index in [4.69, 9.17) is 4.55 Å². The SMILES string of the molecule is O=c1occcc1S(=O)(=O)O. The molecule has 1 rings (SSSR count). The number of rotatable bonds is 1. The summed E-state index contributed by atoms with van der Waals surface area (Å²) in [6, 6.07) is 2.16. The van der Waals surface area contributed by atoms with Crippen molar-refractivity contribution in [2.45, 2.75) is 4.90 Å². The summed E-state index contributed by atoms with van der Waals surface area (Å²) in [5.74, 6) is 0. The molecule has 1 N–H and O–H groups in total. The van der Waals surface area contributed by atoms with E-state index in [2.05, 4.69) is 4.42 Å². The predicted octanol–water partition coefficient (Wildman–Crippen LogP) is -0.113. The van der Waals surface area contributed by atoms with Gasteiger partial charge in [0.2, 0.25) is 0 Å². The molecule has 5 nitrogen and oxygen atoms in total. The fraction of sp³-hybridized carbons (Fsp3) is 0. The third-order valence-corrected chi connectivity index (χ3v) is 1.84. The van der Waals surface area contributed by atoms with E-state index in [9.17, 15) is 13.2 Å². The van der Waals surface area contributed by atoms with Crippen LogP contribution in [0.2, 0.25) is 0 Å². The van der Waals surface area contributed by atoms with Crippen LogP contribution in [0.15, 0.2) is 32.5 Å². The first-order valence-electron chi connectivity index (χ1n) is 2.57. The van der Waals surface area contributed by atoms with Crippen molar-refractivity contribution in [1.82, 2.24) is 0 Å². The van der Waals surface area contributed by atoms with Crippen LogP contribution in [0.4, 0.5) is 0 Å². The van der Waals surface area contributed by atoms with Gasteiger partial charge in [0.1, 0.15) is 0 Å². The molecule has 0 radical (unpaired) electrons. The van der Waals surface area contributed by atoms with Crippen LogP contribution in [0.5, 0.6) is 0 Å². The molecule has 0 spiro atoms. The second kappa shape index (κ2) is 2.48. The Hall–Kier alpha value is -1.14. The molecule has 6 heteroatoms. The fourth-order valence-electron chi connectivity index (χ4n) is 0.545. The van der Waals surface area contributed by atoms with Gasteiger partial charge >= 0.3 is 15.7 Å². The molecule has 0 fully saturated rings. The van der Waals surface area contributed by atoms with Crippen LogP contribution in [0.3, 0.4) is 0 Å². The van der Waals surface area contributed by atoms with E-state index < -0.39 is 20.6 Å². The molecule has 0 bridgehead atoms. The van der Waals surface area contributed by atoms with Crippen molar-refractivity contribution in [2.75, 3.05) is 0 Å². The minimum atomic E-state index is -4.44. The molecule has 0 aliphatic heterocycles. The highest BCUT2D eigenvalue weighted by Gasteiger charge is 2.14. The van der Waals surface area contributed by atoms with E-state index in [-0.39, 0.29) is 0 Å². The highest BCUT2D eigenvalue weighted by Crippen LogP contribution is 1.99. The predicted molar refractivity (Wildman–Crippen MR) is 34.8 cm³/mol. The highest BCUT2D eigenvalue weighted by atomic mass is 32.2. The van der Waals surface area contributed by atoms with Gasteiger partial charge in [-0.3, -0.25) is 4.55 Å². The summed E-state index contributed by atoms with van der Waals surface area (Å²) >= 11 is 0. The first-order chi connectivity index (χ1) is 5.02. The molecule has 0 aliphatic carbocycles. The third kappa shape index (κ3) is 1.66. The normalized spacial score (nSPS) is 11.4. The van der Waals surface area contributed by atoms with E-state index in [1.807, 2.05) is 0 Å². The fourth-order valence-corrected chi connectivity index (χ4v) is 1.05. The molecular formula is C5H4O5S. The van der Waals surface area contributed by atoms with Gasteiger partial charge < -0.3 is 4.42 Å². The summed E-state index contributed by atoms with van der Waals surface area (Å²) < 4.78 is 33.3. The van der Waals surface area contributed by atoms with Gasteiger partial charge in [0.25, 0.3) is 0 Å². The number of hydrogen-bond donors (Lipinski definition) is 1. The van der Waals surface area contributed by atoms with E-state index in [1.165, 1.54) is 6.07 Å². The van der Waals surface area contributed by atoms with E-state index in [1.54, 1.807) is 0 Å². The lowest BCUT2D eigenvalue weighted by molar-refractivity contribution is 0.457. The third-order valence-electron chi connectivity index (χ3n) is 0.980. The summed E-state index contributed by atoms with van der Waals surface area (Å²) in [6.07, 6.45) is 1.02. The van der Waals surface area contributed by atoms with Crippen molar-refractivity contribution in [1.29, 1.82) is 0 Å². The van der Waals surface area contributed by atoms with Gasteiger partial charge in [-0.25, -0.2) is 4.79 Å². The van der Waals surface area contributed by atoms with Crippen molar-refractivity contribution >= 4 is 10.1 Å². The van der Waals surface area contributed by atoms with Gasteiger partial charge in [0, 0.05) is 0 Å². The van der Waals surface area contributed by atoms with E-state index in [0.29, 0.717) is 0 Å². The quantitative estimate of drug-likeness (QED) is 0.603. The summed E-state index contributed by atoms with van der Waals surface area (Å²) in [5.41, 5.74) is -1.07. The summed E-state index contributed by atoms with van der Waals surface area (Å²) in [4.78, 5) is 9.81. The smallest absolute Gasteiger partial charge is 0.357 e. The minimum Gasteiger partial charge on any atom is -0.430 e. The van der Waals surface area contributed by atoms with Gasteiger partial charge in [-0.15, -0.1) is 0 Å². The first-order valence-corrected chi connectivity index (χ1v) is 4.01. The van der Waals surface area contributed by atoms with Crippen LogP contribution in [-0.2, 0) is 10.1 Å². The molecule has 0 aromatic carbocycles. The number of hydrogen-bond acceptors (Lipinski definition) is 4. The lowest BCUT2D eigenvalue weighted by Crippen LogP contribution is -2.11. The van der Waals surface area contributed by atoms with Crippen LogP contribution >= 0.6 is 0 Å². The first kappa shape index (κ1) is 7.96. The molecule has 1 aromatic heterocycles. The summed E-state index contributed by atoms with van der Waals surface area (Å²) in [5, 5.41) is 0. The molecule has 1 aromatic rings. The van der Waals surface area contributed by atoms with Crippen LogP contribution in [0.1, 0.15) is 0 Å². The second-order valence-corrected chi connectivity index (χ2v) is 3.13. The monoisotopic (exact) mass is 176 g/mol. The maximum atomic E-state index is 10.6. The van der Waals surface area contributed by atoms with Crippen molar-refractivity contribution in [2.24, 2.45) is 0 Å². The molecule has 0 saturated carbocycles. The Morgan fingerprint density at radius 3 is 2.45 bits per heavy atom. The van der Waals surface area contributed by atoms with Gasteiger partial charge in [0.15, 0.2) is 4.90 Å². The van der Waals surface area contributed by atoms with Crippen molar-refractivity contribution in [3.8, 4) is 0 Å². The Balaban J connectivity index is 3.50. The maximum Gasteiger partial charge on any atom is 0.357 e. The van der Waals surface area contributed by atoms with Crippen LogP contribution in [0, 0.1) is 0 Å². The molecule has 0 amide bonds. The molecule has 0 atom stereocenters. The maximum absolute atomic E-state index is 10.6. The average molecular weight is 176 g/mol. The Bertz CT molecular complexity index is 401. The zero-order valence-electron chi connectivity index (χ0n) is 5.22. The Morgan fingerprint density at radius 1 is 1.45 bits per heavy atom. The van der Waals surface area contributed by atoms with Crippen molar-refractivity contribution < 1.29 is 17.4 Å². The summed E-state index contributed by atoms with van der Waals surface area (Å²) in [6.45, 7) is 0. The average Bonchev–Trinajstić information content (AvgIpc) is 1.86. The lowest BCUT2D eigenvalue weighted by Gasteiger charge is -1.90. The van der Waals surface area contributed by atoms with Crippen LogP contribution in [-0.4, -0.2) is 13.0 Å². The molecule has 0 saturated heterocycles. The molecule has 1 heterocycles. The van der Waals surface area contributed by atoms with Crippen molar-refractivity contribution in [3.63, 3.8) is 0 Å². The van der Waals surface area contributed by atoms with Crippen LogP contribution < -0.4 is 5.63 Å². The lowest BCUT2D eigenvalue weighted by atomic mass is 10.5. The van der Waals surface area contributed by atoms with Gasteiger partial charge in [-0.2, -0.15) is 8.42 Å². The van der Waals surface area contributed by atoms with Gasteiger partial charge in [-0.05, 0) is 12.1 Å². The zero-order valence-corrected chi connectivity index (χ0v) is 6.04. The van der Waals surface area contributed by atoms with Gasteiger partial charge in [0.05, 0.1) is 6.26 Å². The largest absolute Gasteiger partial charge is 0.430 e. The summed E-state index contributed by atoms with van der Waals surface area (Å²) in [7, 11) is -4.44.